The number of guanidine groups is 1. The molecule has 0 radical (unpaired) electrons. The molecule has 0 amide bonds. The van der Waals surface area contributed by atoms with Crippen molar-refractivity contribution < 1.29 is 0 Å². The first kappa shape index (κ1) is 9.94. The summed E-state index contributed by atoms with van der Waals surface area (Å²) in [6.45, 7) is 6.91. The van der Waals surface area contributed by atoms with Crippen molar-refractivity contribution in [1.82, 2.24) is 4.90 Å². The Balaban J connectivity index is 4.25. The van der Waals surface area contributed by atoms with Crippen LogP contribution in [0.2, 0.25) is 0 Å². The molecule has 0 bridgehead atoms. The Hall–Kier alpha value is -1.06. The summed E-state index contributed by atoms with van der Waals surface area (Å²) in [5.74, 6) is 0.865. The molecule has 0 rings (SSSR count). The molecule has 0 heterocycles. The van der Waals surface area contributed by atoms with Crippen LogP contribution in [0.5, 0.6) is 0 Å². The number of nitrogens with zero attached hydrogens (tertiary/aromatic N) is 2. The van der Waals surface area contributed by atoms with Gasteiger partial charge in [-0.2, -0.15) is 0 Å². The molecule has 11 heavy (non-hydrogen) atoms. The Bertz CT molecular complexity index is 162. The van der Waals surface area contributed by atoms with Crippen molar-refractivity contribution >= 4 is 11.8 Å². The lowest BCUT2D eigenvalue weighted by Crippen LogP contribution is -2.40. The molecule has 64 valence electrons. The fourth-order valence-corrected chi connectivity index (χ4v) is 0.818. The van der Waals surface area contributed by atoms with Gasteiger partial charge < -0.3 is 10.6 Å². The molecule has 0 spiro atoms. The Morgan fingerprint density at radius 3 is 2.36 bits per heavy atom. The highest BCUT2D eigenvalue weighted by Crippen LogP contribution is 1.88. The number of aliphatic imine (C=N–C) groups is 1. The van der Waals surface area contributed by atoms with Crippen LogP contribution in [-0.4, -0.2) is 29.8 Å². The molecule has 0 fully saturated rings. The van der Waals surface area contributed by atoms with E-state index in [0.717, 1.165) is 0 Å². The summed E-state index contributed by atoms with van der Waals surface area (Å²) in [6.07, 6.45) is 0. The van der Waals surface area contributed by atoms with Crippen LogP contribution >= 0.6 is 0 Å². The van der Waals surface area contributed by atoms with Gasteiger partial charge in [-0.1, -0.05) is 0 Å². The number of rotatable bonds is 2. The van der Waals surface area contributed by atoms with Crippen LogP contribution in [0.1, 0.15) is 20.8 Å². The van der Waals surface area contributed by atoms with Gasteiger partial charge in [0.25, 0.3) is 0 Å². The fraction of sp³-hybridized carbons (Fsp3) is 0.714. The van der Waals surface area contributed by atoms with E-state index in [4.69, 9.17) is 11.1 Å². The highest BCUT2D eigenvalue weighted by atomic mass is 15.3. The molecule has 0 saturated carbocycles. The molecule has 0 aromatic rings. The van der Waals surface area contributed by atoms with Gasteiger partial charge >= 0.3 is 0 Å². The molecule has 0 aliphatic heterocycles. The first-order valence-corrected chi connectivity index (χ1v) is 3.76. The van der Waals surface area contributed by atoms with Gasteiger partial charge in [-0.25, -0.2) is 0 Å². The molecule has 4 nitrogen and oxygen atoms in total. The maximum Gasteiger partial charge on any atom is 0.196 e. The molecular formula is C7H16N4. The normalized spacial score (nSPS) is 11.4. The molecule has 0 unspecified atom stereocenters. The van der Waals surface area contributed by atoms with E-state index in [1.165, 1.54) is 0 Å². The maximum absolute atomic E-state index is 7.33. The Labute approximate surface area is 67.6 Å². The molecule has 0 saturated heterocycles. The lowest BCUT2D eigenvalue weighted by molar-refractivity contribution is 0.623. The zero-order valence-electron chi connectivity index (χ0n) is 7.39. The molecule has 0 aliphatic rings. The minimum Gasteiger partial charge on any atom is -0.369 e. The van der Waals surface area contributed by atoms with E-state index >= 15 is 0 Å². The first-order valence-electron chi connectivity index (χ1n) is 3.76. The predicted octanol–water partition coefficient (Wildman–Crippen LogP) is 0.640. The van der Waals surface area contributed by atoms with Crippen LogP contribution in [0.4, 0.5) is 0 Å². The van der Waals surface area contributed by atoms with Crippen LogP contribution in [0.25, 0.3) is 0 Å². The van der Waals surface area contributed by atoms with E-state index in [0.29, 0.717) is 24.9 Å². The summed E-state index contributed by atoms with van der Waals surface area (Å²) >= 11 is 0. The number of amidine groups is 1. The van der Waals surface area contributed by atoms with Gasteiger partial charge in [0.2, 0.25) is 0 Å². The van der Waals surface area contributed by atoms with Crippen molar-refractivity contribution in [2.75, 3.05) is 13.1 Å². The zero-order chi connectivity index (χ0) is 8.85. The Kier molecular flexibility index (Phi) is 4.26. The lowest BCUT2D eigenvalue weighted by atomic mass is 10.5. The molecule has 3 N–H and O–H groups in total. The van der Waals surface area contributed by atoms with Crippen molar-refractivity contribution in [3.63, 3.8) is 0 Å². The van der Waals surface area contributed by atoms with Crippen LogP contribution in [0, 0.1) is 5.41 Å². The summed E-state index contributed by atoms with van der Waals surface area (Å²) in [5.41, 5.74) is 5.58. The molecule has 0 atom stereocenters. The van der Waals surface area contributed by atoms with Crippen molar-refractivity contribution in [3.8, 4) is 0 Å². The van der Waals surface area contributed by atoms with E-state index in [2.05, 4.69) is 4.99 Å². The third-order valence-electron chi connectivity index (χ3n) is 1.32. The molecule has 4 heteroatoms. The number of hydrogen-bond acceptors (Lipinski definition) is 2. The Morgan fingerprint density at radius 2 is 2.09 bits per heavy atom. The lowest BCUT2D eigenvalue weighted by Gasteiger charge is -2.19. The molecule has 0 aromatic carbocycles. The summed E-state index contributed by atoms with van der Waals surface area (Å²) in [4.78, 5) is 5.65. The summed E-state index contributed by atoms with van der Waals surface area (Å²) in [5, 5.41) is 7.33. The second kappa shape index (κ2) is 4.71. The van der Waals surface area contributed by atoms with Crippen LogP contribution in [0.15, 0.2) is 4.99 Å². The first-order chi connectivity index (χ1) is 5.13. The smallest absolute Gasteiger partial charge is 0.196 e. The second-order valence-corrected chi connectivity index (χ2v) is 2.16. The standard InChI is InChI=1S/C7H16N4/c1-4-10-7(9)11(5-2)6(3)8/h8H,4-5H2,1-3H3,(H2,9,10). The SMILES string of the molecule is CCN=C(N)N(CC)C(C)=N. The van der Waals surface area contributed by atoms with E-state index in [9.17, 15) is 0 Å². The van der Waals surface area contributed by atoms with Gasteiger partial charge in [0.05, 0.1) is 5.84 Å². The topological polar surface area (TPSA) is 65.5 Å². The van der Waals surface area contributed by atoms with Crippen LogP contribution < -0.4 is 5.73 Å². The maximum atomic E-state index is 7.33. The summed E-state index contributed by atoms with van der Waals surface area (Å²) in [6, 6.07) is 0. The highest BCUT2D eigenvalue weighted by molar-refractivity contribution is 5.96. The zero-order valence-corrected chi connectivity index (χ0v) is 7.39. The van der Waals surface area contributed by atoms with Crippen molar-refractivity contribution in [3.05, 3.63) is 0 Å². The largest absolute Gasteiger partial charge is 0.369 e. The molecule has 0 aromatic heterocycles. The minimum atomic E-state index is 0.433. The highest BCUT2D eigenvalue weighted by Gasteiger charge is 2.05. The number of nitrogens with two attached hydrogens (primary N) is 1. The van der Waals surface area contributed by atoms with Crippen LogP contribution in [0.3, 0.4) is 0 Å². The number of nitrogens with one attached hydrogen (secondary N) is 1. The van der Waals surface area contributed by atoms with Crippen molar-refractivity contribution in [1.29, 1.82) is 5.41 Å². The van der Waals surface area contributed by atoms with Crippen molar-refractivity contribution in [2.24, 2.45) is 10.7 Å². The fourth-order valence-electron chi connectivity index (χ4n) is 0.818. The monoisotopic (exact) mass is 156 g/mol. The summed E-state index contributed by atoms with van der Waals surface area (Å²) < 4.78 is 0. The van der Waals surface area contributed by atoms with Gasteiger partial charge in [0, 0.05) is 13.1 Å². The third kappa shape index (κ3) is 3.02. The van der Waals surface area contributed by atoms with E-state index in [-0.39, 0.29) is 0 Å². The quantitative estimate of drug-likeness (QED) is 0.455. The molecular weight excluding hydrogens is 140 g/mol. The van der Waals surface area contributed by atoms with Gasteiger partial charge in [0.15, 0.2) is 5.96 Å². The van der Waals surface area contributed by atoms with E-state index < -0.39 is 0 Å². The van der Waals surface area contributed by atoms with Crippen molar-refractivity contribution in [2.45, 2.75) is 20.8 Å². The van der Waals surface area contributed by atoms with Gasteiger partial charge in [-0.15, -0.1) is 0 Å². The van der Waals surface area contributed by atoms with Crippen LogP contribution in [-0.2, 0) is 0 Å². The summed E-state index contributed by atoms with van der Waals surface area (Å²) in [7, 11) is 0. The predicted molar refractivity (Wildman–Crippen MR) is 47.9 cm³/mol. The average molecular weight is 156 g/mol. The Morgan fingerprint density at radius 1 is 1.55 bits per heavy atom. The van der Waals surface area contributed by atoms with Gasteiger partial charge in [0.1, 0.15) is 0 Å². The molecule has 0 aliphatic carbocycles. The van der Waals surface area contributed by atoms with E-state index in [1.54, 1.807) is 11.8 Å². The average Bonchev–Trinajstić information content (AvgIpc) is 1.88. The minimum absolute atomic E-state index is 0.433. The third-order valence-corrected chi connectivity index (χ3v) is 1.32. The second-order valence-electron chi connectivity index (χ2n) is 2.16. The van der Waals surface area contributed by atoms with Gasteiger partial charge in [-0.3, -0.25) is 10.4 Å². The number of hydrogen-bond donors (Lipinski definition) is 2. The van der Waals surface area contributed by atoms with Gasteiger partial charge in [-0.05, 0) is 20.8 Å². The van der Waals surface area contributed by atoms with E-state index in [1.807, 2.05) is 13.8 Å².